The van der Waals surface area contributed by atoms with E-state index in [1.807, 2.05) is 0 Å². The van der Waals surface area contributed by atoms with Crippen molar-refractivity contribution < 1.29 is 14.6 Å². The third-order valence-corrected chi connectivity index (χ3v) is 6.44. The number of carbonyl (C=O) groups is 1. The number of hydrogen-bond donors (Lipinski definition) is 2. The molecule has 0 radical (unpaired) electrons. The zero-order valence-corrected chi connectivity index (χ0v) is 19.7. The molecule has 32 heavy (non-hydrogen) atoms. The first-order valence-electron chi connectivity index (χ1n) is 11.1. The topological polar surface area (TPSA) is 94.2 Å². The third kappa shape index (κ3) is 5.16. The Labute approximate surface area is 192 Å². The van der Waals surface area contributed by atoms with Crippen LogP contribution in [0.25, 0.3) is 11.0 Å². The van der Waals surface area contributed by atoms with Crippen molar-refractivity contribution in [3.63, 3.8) is 0 Å². The summed E-state index contributed by atoms with van der Waals surface area (Å²) in [5, 5.41) is 15.8. The SMILES string of the molecule is CC(C)(C)c1nc2cc(Sn3cc(C(=O)NCCO)cn3)ccc2n1CC1CCOCC1. The molecular formula is C23H31N5O3S. The lowest BCUT2D eigenvalue weighted by molar-refractivity contribution is 0.0611. The van der Waals surface area contributed by atoms with Crippen LogP contribution < -0.4 is 5.32 Å². The second-order valence-electron chi connectivity index (χ2n) is 9.20. The van der Waals surface area contributed by atoms with Gasteiger partial charge in [-0.05, 0) is 37.0 Å². The Hall–Kier alpha value is -2.36. The number of benzene rings is 1. The van der Waals surface area contributed by atoms with Crippen LogP contribution in [0.5, 0.6) is 0 Å². The van der Waals surface area contributed by atoms with E-state index in [1.54, 1.807) is 10.3 Å². The average Bonchev–Trinajstić information content (AvgIpc) is 3.37. The molecular weight excluding hydrogens is 426 g/mol. The Kier molecular flexibility index (Phi) is 6.88. The molecule has 172 valence electrons. The first-order chi connectivity index (χ1) is 15.3. The smallest absolute Gasteiger partial charge is 0.254 e. The molecule has 9 heteroatoms. The standard InChI is InChI=1S/C23H31N5O3S/c1-23(2,3)22-26-19-12-18(32-28-15-17(13-25-28)21(30)24-8-9-29)4-5-20(19)27(22)14-16-6-10-31-11-7-16/h4-5,12-13,15-16,29H,6-11,14H2,1-3H3,(H,24,30). The summed E-state index contributed by atoms with van der Waals surface area (Å²) >= 11 is 1.43. The zero-order valence-electron chi connectivity index (χ0n) is 18.9. The van der Waals surface area contributed by atoms with Crippen molar-refractivity contribution in [2.24, 2.45) is 5.92 Å². The van der Waals surface area contributed by atoms with Gasteiger partial charge < -0.3 is 19.7 Å². The molecule has 1 aliphatic heterocycles. The number of ether oxygens (including phenoxy) is 1. The number of amides is 1. The molecule has 3 aromatic rings. The van der Waals surface area contributed by atoms with Gasteiger partial charge in [0.05, 0.1) is 35.6 Å². The summed E-state index contributed by atoms with van der Waals surface area (Å²) in [5.41, 5.74) is 2.52. The summed E-state index contributed by atoms with van der Waals surface area (Å²) in [7, 11) is 0. The molecule has 0 atom stereocenters. The highest BCUT2D eigenvalue weighted by atomic mass is 32.2. The minimum absolute atomic E-state index is 0.0592. The molecule has 2 aromatic heterocycles. The van der Waals surface area contributed by atoms with Crippen molar-refractivity contribution >= 4 is 28.9 Å². The molecule has 1 aromatic carbocycles. The van der Waals surface area contributed by atoms with Gasteiger partial charge in [0.1, 0.15) is 5.82 Å². The van der Waals surface area contributed by atoms with E-state index in [0.29, 0.717) is 11.5 Å². The van der Waals surface area contributed by atoms with Gasteiger partial charge in [-0.25, -0.2) is 9.07 Å². The van der Waals surface area contributed by atoms with Gasteiger partial charge in [-0.2, -0.15) is 5.10 Å². The number of fused-ring (bicyclic) bond motifs is 1. The number of nitrogens with one attached hydrogen (secondary N) is 1. The predicted octanol–water partition coefficient (Wildman–Crippen LogP) is 3.23. The Morgan fingerprint density at radius 1 is 1.31 bits per heavy atom. The molecule has 0 spiro atoms. The van der Waals surface area contributed by atoms with Crippen molar-refractivity contribution in [1.82, 2.24) is 24.1 Å². The summed E-state index contributed by atoms with van der Waals surface area (Å²) in [6.45, 7) is 9.39. The molecule has 3 heterocycles. The summed E-state index contributed by atoms with van der Waals surface area (Å²) in [6, 6.07) is 6.30. The second kappa shape index (κ2) is 9.64. The summed E-state index contributed by atoms with van der Waals surface area (Å²) in [5.74, 6) is 1.46. The van der Waals surface area contributed by atoms with Crippen molar-refractivity contribution in [3.8, 4) is 0 Å². The number of aromatic nitrogens is 4. The van der Waals surface area contributed by atoms with E-state index < -0.39 is 0 Å². The van der Waals surface area contributed by atoms with Gasteiger partial charge in [0.15, 0.2) is 0 Å². The number of aliphatic hydroxyl groups excluding tert-OH is 1. The lowest BCUT2D eigenvalue weighted by Crippen LogP contribution is -2.25. The van der Waals surface area contributed by atoms with Gasteiger partial charge in [-0.1, -0.05) is 20.8 Å². The van der Waals surface area contributed by atoms with Gasteiger partial charge in [-0.15, -0.1) is 0 Å². The highest BCUT2D eigenvalue weighted by Gasteiger charge is 2.25. The fourth-order valence-electron chi connectivity index (χ4n) is 3.96. The number of imidazole rings is 1. The highest BCUT2D eigenvalue weighted by molar-refractivity contribution is 7.97. The van der Waals surface area contributed by atoms with E-state index in [1.165, 1.54) is 18.1 Å². The van der Waals surface area contributed by atoms with Crippen molar-refractivity contribution in [3.05, 3.63) is 42.0 Å². The van der Waals surface area contributed by atoms with E-state index in [9.17, 15) is 4.79 Å². The maximum Gasteiger partial charge on any atom is 0.254 e. The fraction of sp³-hybridized carbons (Fsp3) is 0.522. The van der Waals surface area contributed by atoms with Crippen LogP contribution in [0.2, 0.25) is 0 Å². The minimum atomic E-state index is -0.247. The van der Waals surface area contributed by atoms with E-state index in [4.69, 9.17) is 14.8 Å². The number of carbonyl (C=O) groups excluding carboxylic acids is 1. The first-order valence-corrected chi connectivity index (χ1v) is 11.8. The van der Waals surface area contributed by atoms with Crippen LogP contribution in [0, 0.1) is 5.92 Å². The van der Waals surface area contributed by atoms with Crippen LogP contribution in [-0.2, 0) is 16.7 Å². The molecule has 8 nitrogen and oxygen atoms in total. The molecule has 0 aliphatic carbocycles. The lowest BCUT2D eigenvalue weighted by Gasteiger charge is -2.26. The van der Waals surface area contributed by atoms with Crippen molar-refractivity contribution in [2.75, 3.05) is 26.4 Å². The largest absolute Gasteiger partial charge is 0.395 e. The summed E-state index contributed by atoms with van der Waals surface area (Å²) in [6.07, 6.45) is 5.39. The molecule has 2 N–H and O–H groups in total. The Bertz CT molecular complexity index is 1080. The Morgan fingerprint density at radius 3 is 2.81 bits per heavy atom. The van der Waals surface area contributed by atoms with Crippen LogP contribution in [0.4, 0.5) is 0 Å². The fourth-order valence-corrected chi connectivity index (χ4v) is 4.73. The normalized spacial score (nSPS) is 15.4. The van der Waals surface area contributed by atoms with Crippen LogP contribution >= 0.6 is 11.9 Å². The van der Waals surface area contributed by atoms with E-state index in [0.717, 1.165) is 54.4 Å². The quantitative estimate of drug-likeness (QED) is 0.566. The minimum Gasteiger partial charge on any atom is -0.395 e. The maximum atomic E-state index is 12.0. The summed E-state index contributed by atoms with van der Waals surface area (Å²) in [4.78, 5) is 18.1. The molecule has 0 bridgehead atoms. The van der Waals surface area contributed by atoms with Crippen molar-refractivity contribution in [2.45, 2.75) is 50.5 Å². The van der Waals surface area contributed by atoms with E-state index >= 15 is 0 Å². The van der Waals surface area contributed by atoms with Gasteiger partial charge in [0, 0.05) is 48.6 Å². The number of rotatable bonds is 7. The predicted molar refractivity (Wildman–Crippen MR) is 125 cm³/mol. The van der Waals surface area contributed by atoms with Gasteiger partial charge in [-0.3, -0.25) is 4.79 Å². The molecule has 0 unspecified atom stereocenters. The molecule has 1 fully saturated rings. The average molecular weight is 458 g/mol. The monoisotopic (exact) mass is 457 g/mol. The van der Waals surface area contributed by atoms with Crippen LogP contribution in [-0.4, -0.2) is 56.1 Å². The van der Waals surface area contributed by atoms with Crippen LogP contribution in [0.3, 0.4) is 0 Å². The highest BCUT2D eigenvalue weighted by Crippen LogP contribution is 2.31. The zero-order chi connectivity index (χ0) is 22.7. The van der Waals surface area contributed by atoms with Crippen LogP contribution in [0.1, 0.15) is 49.8 Å². The van der Waals surface area contributed by atoms with E-state index in [-0.39, 0.29) is 24.5 Å². The molecule has 1 saturated heterocycles. The second-order valence-corrected chi connectivity index (χ2v) is 10.2. The number of hydrogen-bond acceptors (Lipinski definition) is 6. The first kappa shape index (κ1) is 22.8. The molecule has 1 aliphatic rings. The Balaban J connectivity index is 1.57. The van der Waals surface area contributed by atoms with Gasteiger partial charge in [0.25, 0.3) is 5.91 Å². The van der Waals surface area contributed by atoms with Gasteiger partial charge >= 0.3 is 0 Å². The Morgan fingerprint density at radius 2 is 2.09 bits per heavy atom. The maximum absolute atomic E-state index is 12.0. The third-order valence-electron chi connectivity index (χ3n) is 5.59. The molecule has 0 saturated carbocycles. The number of aliphatic hydroxyl groups is 1. The molecule has 1 amide bonds. The lowest BCUT2D eigenvalue weighted by atomic mass is 9.94. The molecule has 4 rings (SSSR count). The van der Waals surface area contributed by atoms with Crippen LogP contribution in [0.15, 0.2) is 35.5 Å². The number of nitrogens with zero attached hydrogens (tertiary/aromatic N) is 4. The summed E-state index contributed by atoms with van der Waals surface area (Å²) < 4.78 is 9.59. The van der Waals surface area contributed by atoms with Crippen molar-refractivity contribution in [1.29, 1.82) is 0 Å². The van der Waals surface area contributed by atoms with E-state index in [2.05, 4.69) is 54.0 Å². The van der Waals surface area contributed by atoms with Gasteiger partial charge in [0.2, 0.25) is 0 Å².